The topological polar surface area (TPSA) is 97.1 Å². The molecule has 2 amide bonds. The molecule has 8 heteroatoms. The number of rotatable bonds is 6. The summed E-state index contributed by atoms with van der Waals surface area (Å²) in [6, 6.07) is -0.624. The van der Waals surface area contributed by atoms with Crippen LogP contribution in [0, 0.1) is 0 Å². The van der Waals surface area contributed by atoms with Crippen molar-refractivity contribution in [1.82, 2.24) is 20.8 Å². The van der Waals surface area contributed by atoms with Gasteiger partial charge in [0.1, 0.15) is 6.04 Å². The lowest BCUT2D eigenvalue weighted by Crippen LogP contribution is -2.47. The van der Waals surface area contributed by atoms with E-state index >= 15 is 0 Å². The van der Waals surface area contributed by atoms with Crippen LogP contribution >= 0.6 is 12.6 Å². The summed E-state index contributed by atoms with van der Waals surface area (Å²) in [6.45, 7) is 1.73. The maximum Gasteiger partial charge on any atom is 0.243 e. The van der Waals surface area contributed by atoms with Crippen molar-refractivity contribution in [2.75, 3.05) is 12.3 Å². The van der Waals surface area contributed by atoms with Gasteiger partial charge in [0.15, 0.2) is 5.82 Å². The van der Waals surface area contributed by atoms with Crippen molar-refractivity contribution in [1.29, 1.82) is 0 Å². The van der Waals surface area contributed by atoms with Crippen LogP contribution in [0.5, 0.6) is 0 Å². The molecule has 0 aromatic carbocycles. The Balaban J connectivity index is 2.29. The molecule has 94 valence electrons. The van der Waals surface area contributed by atoms with Gasteiger partial charge in [-0.15, -0.1) is 0 Å². The van der Waals surface area contributed by atoms with Crippen molar-refractivity contribution < 1.29 is 14.1 Å². The van der Waals surface area contributed by atoms with Gasteiger partial charge < -0.3 is 15.2 Å². The Morgan fingerprint density at radius 3 is 2.88 bits per heavy atom. The summed E-state index contributed by atoms with van der Waals surface area (Å²) in [4.78, 5) is 26.2. The monoisotopic (exact) mass is 258 g/mol. The lowest BCUT2D eigenvalue weighted by Gasteiger charge is -2.14. The number of carbonyl (C=O) groups is 2. The normalized spacial score (nSPS) is 11.9. The van der Waals surface area contributed by atoms with Crippen LogP contribution < -0.4 is 10.6 Å². The summed E-state index contributed by atoms with van der Waals surface area (Å²) in [5.41, 5.74) is 0. The van der Waals surface area contributed by atoms with Crippen LogP contribution in [0.25, 0.3) is 0 Å². The number of amides is 2. The van der Waals surface area contributed by atoms with Crippen LogP contribution in [0.3, 0.4) is 0 Å². The molecule has 0 spiro atoms. The van der Waals surface area contributed by atoms with Crippen LogP contribution in [0.2, 0.25) is 0 Å². The zero-order valence-electron chi connectivity index (χ0n) is 9.34. The Bertz CT molecular complexity index is 368. The van der Waals surface area contributed by atoms with E-state index in [4.69, 9.17) is 0 Å². The number of aromatic nitrogens is 2. The first-order valence-electron chi connectivity index (χ1n) is 5.04. The second-order valence-corrected chi connectivity index (χ2v) is 3.69. The third-order valence-electron chi connectivity index (χ3n) is 1.93. The summed E-state index contributed by atoms with van der Waals surface area (Å²) in [5, 5.41) is 8.75. The van der Waals surface area contributed by atoms with E-state index in [0.717, 1.165) is 0 Å². The van der Waals surface area contributed by atoms with Crippen LogP contribution in [-0.2, 0) is 16.0 Å². The fourth-order valence-corrected chi connectivity index (χ4v) is 1.42. The molecule has 2 N–H and O–H groups in total. The number of carbonyl (C=O) groups excluding carboxylic acids is 2. The largest absolute Gasteiger partial charge is 0.354 e. The molecule has 0 aliphatic rings. The summed E-state index contributed by atoms with van der Waals surface area (Å²) in [5.74, 6) is 0.219. The van der Waals surface area contributed by atoms with Gasteiger partial charge in [-0.1, -0.05) is 5.16 Å². The lowest BCUT2D eigenvalue weighted by molar-refractivity contribution is -0.127. The van der Waals surface area contributed by atoms with Crippen molar-refractivity contribution in [2.24, 2.45) is 0 Å². The Morgan fingerprint density at radius 1 is 1.59 bits per heavy atom. The van der Waals surface area contributed by atoms with Crippen molar-refractivity contribution in [2.45, 2.75) is 19.4 Å². The highest BCUT2D eigenvalue weighted by atomic mass is 32.1. The molecule has 0 bridgehead atoms. The predicted molar refractivity (Wildman–Crippen MR) is 62.5 cm³/mol. The van der Waals surface area contributed by atoms with E-state index in [9.17, 15) is 9.59 Å². The minimum atomic E-state index is -0.624. The van der Waals surface area contributed by atoms with E-state index in [1.165, 1.54) is 13.3 Å². The van der Waals surface area contributed by atoms with Crippen LogP contribution in [-0.4, -0.2) is 40.3 Å². The number of thiol groups is 1. The standard InChI is InChI=1S/C9H14N4O3S/c1-6(14)12-7(4-17)9(15)10-3-2-8-11-5-16-13-8/h5,7,17H,2-4H2,1H3,(H,10,15)(H,12,14). The Labute approximate surface area is 104 Å². The maximum absolute atomic E-state index is 11.6. The van der Waals surface area contributed by atoms with Gasteiger partial charge in [0.2, 0.25) is 18.2 Å². The van der Waals surface area contributed by atoms with Crippen molar-refractivity contribution in [3.05, 3.63) is 12.2 Å². The number of nitrogens with one attached hydrogen (secondary N) is 2. The third kappa shape index (κ3) is 4.85. The molecule has 0 fully saturated rings. The van der Waals surface area contributed by atoms with Crippen LogP contribution in [0.1, 0.15) is 12.7 Å². The van der Waals surface area contributed by atoms with Crippen molar-refractivity contribution >= 4 is 24.4 Å². The third-order valence-corrected chi connectivity index (χ3v) is 2.30. The SMILES string of the molecule is CC(=O)NC(CS)C(=O)NCCc1ncon1. The first-order valence-corrected chi connectivity index (χ1v) is 5.67. The molecule has 1 aromatic rings. The molecule has 0 aliphatic heterocycles. The fourth-order valence-electron chi connectivity index (χ4n) is 1.16. The number of hydrogen-bond donors (Lipinski definition) is 3. The average molecular weight is 258 g/mol. The molecule has 1 atom stereocenters. The summed E-state index contributed by atoms with van der Waals surface area (Å²) >= 11 is 4.00. The molecule has 0 aliphatic carbocycles. The summed E-state index contributed by atoms with van der Waals surface area (Å²) < 4.78 is 4.55. The minimum absolute atomic E-state index is 0.244. The molecule has 1 unspecified atom stereocenters. The second-order valence-electron chi connectivity index (χ2n) is 3.32. The molecular weight excluding hydrogens is 244 g/mol. The van der Waals surface area contributed by atoms with E-state index in [-0.39, 0.29) is 17.6 Å². The second kappa shape index (κ2) is 6.89. The van der Waals surface area contributed by atoms with Gasteiger partial charge in [-0.3, -0.25) is 9.59 Å². The number of hydrogen-bond acceptors (Lipinski definition) is 6. The average Bonchev–Trinajstić information content (AvgIpc) is 2.78. The first-order chi connectivity index (χ1) is 8.13. The summed E-state index contributed by atoms with van der Waals surface area (Å²) in [6.07, 6.45) is 1.70. The molecule has 17 heavy (non-hydrogen) atoms. The smallest absolute Gasteiger partial charge is 0.243 e. The van der Waals surface area contributed by atoms with Gasteiger partial charge in [0.25, 0.3) is 0 Å². The first kappa shape index (κ1) is 13.5. The highest BCUT2D eigenvalue weighted by Crippen LogP contribution is 1.91. The van der Waals surface area contributed by atoms with Crippen molar-refractivity contribution in [3.63, 3.8) is 0 Å². The molecule has 7 nitrogen and oxygen atoms in total. The Kier molecular flexibility index (Phi) is 5.47. The molecule has 1 rings (SSSR count). The molecule has 1 aromatic heterocycles. The van der Waals surface area contributed by atoms with E-state index in [1.807, 2.05) is 0 Å². The zero-order chi connectivity index (χ0) is 12.7. The van der Waals surface area contributed by atoms with Gasteiger partial charge in [-0.2, -0.15) is 17.6 Å². The van der Waals surface area contributed by atoms with Gasteiger partial charge in [-0.05, 0) is 0 Å². The van der Waals surface area contributed by atoms with Gasteiger partial charge >= 0.3 is 0 Å². The predicted octanol–water partition coefficient (Wildman–Crippen LogP) is -0.837. The van der Waals surface area contributed by atoms with Gasteiger partial charge in [0, 0.05) is 25.6 Å². The Morgan fingerprint density at radius 2 is 2.35 bits per heavy atom. The van der Waals surface area contributed by atoms with E-state index in [1.54, 1.807) is 0 Å². The zero-order valence-corrected chi connectivity index (χ0v) is 10.2. The van der Waals surface area contributed by atoms with Crippen LogP contribution in [0.15, 0.2) is 10.9 Å². The van der Waals surface area contributed by atoms with E-state index in [0.29, 0.717) is 18.8 Å². The van der Waals surface area contributed by atoms with E-state index < -0.39 is 6.04 Å². The highest BCUT2D eigenvalue weighted by molar-refractivity contribution is 7.80. The van der Waals surface area contributed by atoms with Gasteiger partial charge in [-0.25, -0.2) is 0 Å². The Hall–Kier alpha value is -1.57. The summed E-state index contributed by atoms with van der Waals surface area (Å²) in [7, 11) is 0. The quantitative estimate of drug-likeness (QED) is 0.578. The lowest BCUT2D eigenvalue weighted by atomic mass is 10.3. The van der Waals surface area contributed by atoms with Crippen LogP contribution in [0.4, 0.5) is 0 Å². The molecule has 0 saturated heterocycles. The minimum Gasteiger partial charge on any atom is -0.354 e. The molecule has 0 saturated carbocycles. The van der Waals surface area contributed by atoms with Gasteiger partial charge in [0.05, 0.1) is 0 Å². The molecular formula is C9H14N4O3S. The molecule has 1 heterocycles. The van der Waals surface area contributed by atoms with E-state index in [2.05, 4.69) is 37.9 Å². The molecule has 0 radical (unpaired) electrons. The highest BCUT2D eigenvalue weighted by Gasteiger charge is 2.16. The number of nitrogens with zero attached hydrogens (tertiary/aromatic N) is 2. The van der Waals surface area contributed by atoms with Crippen molar-refractivity contribution in [3.8, 4) is 0 Å². The fraction of sp³-hybridized carbons (Fsp3) is 0.556. The maximum atomic E-state index is 11.6.